The first kappa shape index (κ1) is 14.7. The number of hydrogen-bond acceptors (Lipinski definition) is 4. The van der Waals surface area contributed by atoms with E-state index in [9.17, 15) is 4.79 Å². The molecule has 3 rings (SSSR count). The van der Waals surface area contributed by atoms with Gasteiger partial charge in [0.1, 0.15) is 5.82 Å². The standard InChI is InChI=1S/C16H21N5O/c1-11-9-14(15-6-7-17-20(15)3)19-16(18-11)13-5-4-8-21(10-13)12(2)22/h6-7,9,13H,4-5,8,10H2,1-3H3/t13-/m1/s1. The van der Waals surface area contributed by atoms with Crippen LogP contribution in [0.2, 0.25) is 0 Å². The minimum absolute atomic E-state index is 0.129. The molecule has 6 nitrogen and oxygen atoms in total. The second kappa shape index (κ2) is 5.87. The van der Waals surface area contributed by atoms with Gasteiger partial charge in [0.05, 0.1) is 11.4 Å². The minimum Gasteiger partial charge on any atom is -0.342 e. The summed E-state index contributed by atoms with van der Waals surface area (Å²) < 4.78 is 1.81. The lowest BCUT2D eigenvalue weighted by atomic mass is 9.97. The maximum absolute atomic E-state index is 11.6. The van der Waals surface area contributed by atoms with Gasteiger partial charge in [-0.15, -0.1) is 0 Å². The number of amides is 1. The highest BCUT2D eigenvalue weighted by Crippen LogP contribution is 2.26. The van der Waals surface area contributed by atoms with Crippen LogP contribution >= 0.6 is 0 Å². The molecule has 0 saturated carbocycles. The maximum Gasteiger partial charge on any atom is 0.219 e. The van der Waals surface area contributed by atoms with Crippen molar-refractivity contribution in [3.63, 3.8) is 0 Å². The zero-order chi connectivity index (χ0) is 15.7. The van der Waals surface area contributed by atoms with Crippen molar-refractivity contribution >= 4 is 5.91 Å². The van der Waals surface area contributed by atoms with Crippen LogP contribution in [0, 0.1) is 6.92 Å². The predicted molar refractivity (Wildman–Crippen MR) is 83.2 cm³/mol. The van der Waals surface area contributed by atoms with E-state index in [1.807, 2.05) is 35.7 Å². The Hall–Kier alpha value is -2.24. The number of likely N-dealkylation sites (tertiary alicyclic amines) is 1. The van der Waals surface area contributed by atoms with Crippen LogP contribution in [0.3, 0.4) is 0 Å². The molecular weight excluding hydrogens is 278 g/mol. The maximum atomic E-state index is 11.6. The van der Waals surface area contributed by atoms with Crippen molar-refractivity contribution in [2.24, 2.45) is 7.05 Å². The van der Waals surface area contributed by atoms with E-state index in [0.717, 1.165) is 42.3 Å². The molecule has 22 heavy (non-hydrogen) atoms. The Labute approximate surface area is 130 Å². The summed E-state index contributed by atoms with van der Waals surface area (Å²) >= 11 is 0. The van der Waals surface area contributed by atoms with E-state index >= 15 is 0 Å². The Morgan fingerprint density at radius 2 is 2.18 bits per heavy atom. The van der Waals surface area contributed by atoms with E-state index in [-0.39, 0.29) is 11.8 Å². The molecule has 2 aromatic rings. The topological polar surface area (TPSA) is 63.9 Å². The molecule has 0 aromatic carbocycles. The zero-order valence-corrected chi connectivity index (χ0v) is 13.3. The van der Waals surface area contributed by atoms with E-state index in [4.69, 9.17) is 4.98 Å². The summed E-state index contributed by atoms with van der Waals surface area (Å²) in [4.78, 5) is 22.9. The number of piperidine rings is 1. The van der Waals surface area contributed by atoms with E-state index in [2.05, 4.69) is 10.1 Å². The van der Waals surface area contributed by atoms with Gasteiger partial charge in [0, 0.05) is 44.9 Å². The third kappa shape index (κ3) is 2.86. The molecular formula is C16H21N5O. The van der Waals surface area contributed by atoms with Crippen molar-refractivity contribution in [1.82, 2.24) is 24.6 Å². The monoisotopic (exact) mass is 299 g/mol. The SMILES string of the molecule is CC(=O)N1CCC[C@@H](c2nc(C)cc(-c3ccnn3C)n2)C1. The van der Waals surface area contributed by atoms with E-state index in [1.165, 1.54) is 0 Å². The molecule has 1 fully saturated rings. The molecule has 0 bridgehead atoms. The van der Waals surface area contributed by atoms with Gasteiger partial charge >= 0.3 is 0 Å². The largest absolute Gasteiger partial charge is 0.342 e. The average Bonchev–Trinajstić information content (AvgIpc) is 2.93. The molecule has 1 amide bonds. The Kier molecular flexibility index (Phi) is 3.92. The summed E-state index contributed by atoms with van der Waals surface area (Å²) in [5.74, 6) is 1.18. The molecule has 0 unspecified atom stereocenters. The fourth-order valence-electron chi connectivity index (χ4n) is 3.00. The van der Waals surface area contributed by atoms with Crippen molar-refractivity contribution in [3.05, 3.63) is 29.8 Å². The predicted octanol–water partition coefficient (Wildman–Crippen LogP) is 1.91. The van der Waals surface area contributed by atoms with Crippen molar-refractivity contribution in [2.45, 2.75) is 32.6 Å². The minimum atomic E-state index is 0.129. The average molecular weight is 299 g/mol. The van der Waals surface area contributed by atoms with Gasteiger partial charge in [-0.05, 0) is 31.9 Å². The van der Waals surface area contributed by atoms with Gasteiger partial charge in [-0.1, -0.05) is 0 Å². The van der Waals surface area contributed by atoms with Crippen LogP contribution in [-0.2, 0) is 11.8 Å². The van der Waals surface area contributed by atoms with Crippen LogP contribution in [0.25, 0.3) is 11.4 Å². The van der Waals surface area contributed by atoms with Gasteiger partial charge in [-0.25, -0.2) is 9.97 Å². The van der Waals surface area contributed by atoms with Crippen LogP contribution in [0.4, 0.5) is 0 Å². The second-order valence-corrected chi connectivity index (χ2v) is 5.90. The summed E-state index contributed by atoms with van der Waals surface area (Å²) in [6.45, 7) is 5.16. The Bertz CT molecular complexity index is 694. The third-order valence-corrected chi connectivity index (χ3v) is 4.19. The first-order valence-electron chi connectivity index (χ1n) is 7.64. The highest BCUT2D eigenvalue weighted by Gasteiger charge is 2.25. The molecule has 0 radical (unpaired) electrons. The van der Waals surface area contributed by atoms with Gasteiger partial charge in [-0.2, -0.15) is 5.10 Å². The number of carbonyl (C=O) groups excluding carboxylic acids is 1. The molecule has 1 saturated heterocycles. The molecule has 116 valence electrons. The van der Waals surface area contributed by atoms with Crippen molar-refractivity contribution < 1.29 is 4.79 Å². The van der Waals surface area contributed by atoms with Crippen molar-refractivity contribution in [3.8, 4) is 11.4 Å². The Balaban J connectivity index is 1.93. The summed E-state index contributed by atoms with van der Waals surface area (Å²) in [5.41, 5.74) is 2.81. The van der Waals surface area contributed by atoms with E-state index in [1.54, 1.807) is 13.1 Å². The van der Waals surface area contributed by atoms with E-state index < -0.39 is 0 Å². The fraction of sp³-hybridized carbons (Fsp3) is 0.500. The number of hydrogen-bond donors (Lipinski definition) is 0. The quantitative estimate of drug-likeness (QED) is 0.850. The number of aromatic nitrogens is 4. The smallest absolute Gasteiger partial charge is 0.219 e. The van der Waals surface area contributed by atoms with Crippen LogP contribution in [0.5, 0.6) is 0 Å². The van der Waals surface area contributed by atoms with Gasteiger partial charge < -0.3 is 4.90 Å². The lowest BCUT2D eigenvalue weighted by Gasteiger charge is -2.31. The Morgan fingerprint density at radius 1 is 1.36 bits per heavy atom. The van der Waals surface area contributed by atoms with Crippen LogP contribution < -0.4 is 0 Å². The lowest BCUT2D eigenvalue weighted by molar-refractivity contribution is -0.130. The van der Waals surface area contributed by atoms with Gasteiger partial charge in [0.2, 0.25) is 5.91 Å². The molecule has 0 spiro atoms. The zero-order valence-electron chi connectivity index (χ0n) is 13.3. The van der Waals surface area contributed by atoms with Crippen LogP contribution in [-0.4, -0.2) is 43.6 Å². The summed E-state index contributed by atoms with van der Waals surface area (Å²) in [6.07, 6.45) is 3.80. The van der Waals surface area contributed by atoms with Crippen LogP contribution in [0.15, 0.2) is 18.3 Å². The highest BCUT2D eigenvalue weighted by molar-refractivity contribution is 5.73. The highest BCUT2D eigenvalue weighted by atomic mass is 16.2. The van der Waals surface area contributed by atoms with Crippen molar-refractivity contribution in [1.29, 1.82) is 0 Å². The number of aryl methyl sites for hydroxylation is 2. The first-order valence-corrected chi connectivity index (χ1v) is 7.64. The number of rotatable bonds is 2. The van der Waals surface area contributed by atoms with Crippen LogP contribution in [0.1, 0.15) is 37.2 Å². The molecule has 0 N–H and O–H groups in total. The summed E-state index contributed by atoms with van der Waals surface area (Å²) in [7, 11) is 1.91. The normalized spacial score (nSPS) is 18.5. The van der Waals surface area contributed by atoms with Crippen molar-refractivity contribution in [2.75, 3.05) is 13.1 Å². The van der Waals surface area contributed by atoms with E-state index in [0.29, 0.717) is 6.54 Å². The van der Waals surface area contributed by atoms with Gasteiger partial charge in [-0.3, -0.25) is 9.48 Å². The molecule has 1 aliphatic heterocycles. The molecule has 1 aliphatic rings. The second-order valence-electron chi connectivity index (χ2n) is 5.90. The lowest BCUT2D eigenvalue weighted by Crippen LogP contribution is -2.38. The molecule has 1 atom stereocenters. The van der Waals surface area contributed by atoms with Gasteiger partial charge in [0.25, 0.3) is 0 Å². The van der Waals surface area contributed by atoms with Gasteiger partial charge in [0.15, 0.2) is 0 Å². The Morgan fingerprint density at radius 3 is 2.86 bits per heavy atom. The first-order chi connectivity index (χ1) is 10.5. The summed E-state index contributed by atoms with van der Waals surface area (Å²) in [5, 5.41) is 4.20. The third-order valence-electron chi connectivity index (χ3n) is 4.19. The number of carbonyl (C=O) groups is 1. The fourth-order valence-corrected chi connectivity index (χ4v) is 3.00. The molecule has 6 heteroatoms. The molecule has 3 heterocycles. The molecule has 2 aromatic heterocycles. The summed E-state index contributed by atoms with van der Waals surface area (Å²) in [6, 6.07) is 3.93. The molecule has 0 aliphatic carbocycles. The number of nitrogens with zero attached hydrogens (tertiary/aromatic N) is 5.